The molecule has 4 nitrogen and oxygen atoms in total. The zero-order valence-electron chi connectivity index (χ0n) is 10.4. The van der Waals surface area contributed by atoms with E-state index in [0.29, 0.717) is 17.0 Å². The van der Waals surface area contributed by atoms with Gasteiger partial charge in [-0.1, -0.05) is 25.4 Å². The highest BCUT2D eigenvalue weighted by Gasteiger charge is 2.11. The molecule has 2 rings (SSSR count). The third kappa shape index (κ3) is 2.47. The van der Waals surface area contributed by atoms with Crippen molar-refractivity contribution in [3.8, 4) is 5.95 Å². The van der Waals surface area contributed by atoms with Crippen LogP contribution in [0.2, 0.25) is 5.15 Å². The molecule has 0 saturated carbocycles. The standard InChI is InChI=1S/C12H15ClN4/c1-7(2)10-6-11(13)15-12(14-10)17-9(4)5-8(3)16-17/h5-7H,1-4H3. The Labute approximate surface area is 106 Å². The number of aromatic nitrogens is 4. The summed E-state index contributed by atoms with van der Waals surface area (Å²) in [6, 6.07) is 3.78. The topological polar surface area (TPSA) is 43.6 Å². The second-order valence-corrected chi connectivity index (χ2v) is 4.80. The molecule has 0 aliphatic rings. The van der Waals surface area contributed by atoms with E-state index in [1.807, 2.05) is 19.9 Å². The largest absolute Gasteiger partial charge is 0.252 e. The number of hydrogen-bond acceptors (Lipinski definition) is 3. The normalized spacial score (nSPS) is 11.2. The van der Waals surface area contributed by atoms with Crippen molar-refractivity contribution in [2.75, 3.05) is 0 Å². The minimum Gasteiger partial charge on any atom is -0.216 e. The number of hydrogen-bond donors (Lipinski definition) is 0. The van der Waals surface area contributed by atoms with Crippen LogP contribution in [0, 0.1) is 13.8 Å². The minimum absolute atomic E-state index is 0.311. The third-order valence-electron chi connectivity index (χ3n) is 2.49. The molecular formula is C12H15ClN4. The van der Waals surface area contributed by atoms with Crippen molar-refractivity contribution in [3.63, 3.8) is 0 Å². The molecular weight excluding hydrogens is 236 g/mol. The average Bonchev–Trinajstić information content (AvgIpc) is 2.57. The van der Waals surface area contributed by atoms with Crippen LogP contribution in [0.15, 0.2) is 12.1 Å². The molecule has 0 fully saturated rings. The first kappa shape index (κ1) is 12.0. The van der Waals surface area contributed by atoms with E-state index in [4.69, 9.17) is 11.6 Å². The second-order valence-electron chi connectivity index (χ2n) is 4.41. The van der Waals surface area contributed by atoms with Crippen LogP contribution >= 0.6 is 11.6 Å². The van der Waals surface area contributed by atoms with Crippen LogP contribution in [-0.2, 0) is 0 Å². The van der Waals surface area contributed by atoms with Crippen LogP contribution in [0.25, 0.3) is 5.95 Å². The summed E-state index contributed by atoms with van der Waals surface area (Å²) in [4.78, 5) is 8.70. The van der Waals surface area contributed by atoms with E-state index >= 15 is 0 Å². The molecule has 0 bridgehead atoms. The number of rotatable bonds is 2. The molecule has 0 saturated heterocycles. The Balaban J connectivity index is 2.55. The van der Waals surface area contributed by atoms with E-state index in [9.17, 15) is 0 Å². The van der Waals surface area contributed by atoms with E-state index in [2.05, 4.69) is 28.9 Å². The summed E-state index contributed by atoms with van der Waals surface area (Å²) in [7, 11) is 0. The zero-order chi connectivity index (χ0) is 12.6. The predicted molar refractivity (Wildman–Crippen MR) is 67.7 cm³/mol. The molecule has 0 N–H and O–H groups in total. The van der Waals surface area contributed by atoms with Crippen LogP contribution in [0.1, 0.15) is 36.8 Å². The SMILES string of the molecule is Cc1cc(C)n(-c2nc(Cl)cc(C(C)C)n2)n1. The Morgan fingerprint density at radius 3 is 2.41 bits per heavy atom. The molecule has 0 spiro atoms. The summed E-state index contributed by atoms with van der Waals surface area (Å²) in [5, 5.41) is 4.81. The van der Waals surface area contributed by atoms with Gasteiger partial charge >= 0.3 is 0 Å². The Hall–Kier alpha value is -1.42. The third-order valence-corrected chi connectivity index (χ3v) is 2.69. The first-order chi connectivity index (χ1) is 7.97. The van der Waals surface area contributed by atoms with Crippen LogP contribution in [0.3, 0.4) is 0 Å². The molecule has 0 radical (unpaired) electrons. The molecule has 0 aromatic carbocycles. The summed E-state index contributed by atoms with van der Waals surface area (Å²) < 4.78 is 1.72. The maximum atomic E-state index is 6.01. The van der Waals surface area contributed by atoms with Crippen molar-refractivity contribution in [2.45, 2.75) is 33.6 Å². The number of halogens is 1. The van der Waals surface area contributed by atoms with Crippen LogP contribution < -0.4 is 0 Å². The van der Waals surface area contributed by atoms with Gasteiger partial charge in [-0.3, -0.25) is 0 Å². The van der Waals surface area contributed by atoms with Gasteiger partial charge in [0.05, 0.1) is 11.4 Å². The van der Waals surface area contributed by atoms with Crippen LogP contribution in [0.4, 0.5) is 0 Å². The molecule has 2 aromatic heterocycles. The molecule has 5 heteroatoms. The summed E-state index contributed by atoms with van der Waals surface area (Å²) in [6.07, 6.45) is 0. The van der Waals surface area contributed by atoms with Crippen molar-refractivity contribution >= 4 is 11.6 Å². The van der Waals surface area contributed by atoms with Gasteiger partial charge in [-0.2, -0.15) is 10.1 Å². The van der Waals surface area contributed by atoms with E-state index in [1.54, 1.807) is 10.7 Å². The van der Waals surface area contributed by atoms with E-state index in [1.165, 1.54) is 0 Å². The Bertz CT molecular complexity index is 545. The molecule has 17 heavy (non-hydrogen) atoms. The molecule has 90 valence electrons. The lowest BCUT2D eigenvalue weighted by Gasteiger charge is -2.08. The molecule has 0 aliphatic heterocycles. The van der Waals surface area contributed by atoms with Crippen LogP contribution in [0.5, 0.6) is 0 Å². The van der Waals surface area contributed by atoms with Gasteiger partial charge in [-0.05, 0) is 31.9 Å². The monoisotopic (exact) mass is 250 g/mol. The van der Waals surface area contributed by atoms with Crippen molar-refractivity contribution in [1.82, 2.24) is 19.7 Å². The van der Waals surface area contributed by atoms with Crippen molar-refractivity contribution < 1.29 is 0 Å². The molecule has 0 aliphatic carbocycles. The first-order valence-corrected chi connectivity index (χ1v) is 5.93. The summed E-state index contributed by atoms with van der Waals surface area (Å²) in [6.45, 7) is 8.06. The van der Waals surface area contributed by atoms with Gasteiger partial charge in [0.15, 0.2) is 0 Å². The minimum atomic E-state index is 0.311. The van der Waals surface area contributed by atoms with Gasteiger partial charge in [0.1, 0.15) is 5.15 Å². The Morgan fingerprint density at radius 2 is 1.88 bits per heavy atom. The van der Waals surface area contributed by atoms with Gasteiger partial charge in [-0.15, -0.1) is 0 Å². The van der Waals surface area contributed by atoms with Crippen LogP contribution in [-0.4, -0.2) is 19.7 Å². The highest BCUT2D eigenvalue weighted by Crippen LogP contribution is 2.18. The lowest BCUT2D eigenvalue weighted by atomic mass is 10.1. The Kier molecular flexibility index (Phi) is 3.15. The van der Waals surface area contributed by atoms with E-state index < -0.39 is 0 Å². The highest BCUT2D eigenvalue weighted by molar-refractivity contribution is 6.29. The van der Waals surface area contributed by atoms with Gasteiger partial charge in [0.25, 0.3) is 5.95 Å². The summed E-state index contributed by atoms with van der Waals surface area (Å²) in [5.41, 5.74) is 2.86. The van der Waals surface area contributed by atoms with E-state index in [0.717, 1.165) is 17.1 Å². The summed E-state index contributed by atoms with van der Waals surface area (Å²) in [5.74, 6) is 0.845. The Morgan fingerprint density at radius 1 is 1.18 bits per heavy atom. The number of aryl methyl sites for hydroxylation is 2. The lowest BCUT2D eigenvalue weighted by Crippen LogP contribution is -2.07. The molecule has 0 unspecified atom stereocenters. The highest BCUT2D eigenvalue weighted by atomic mass is 35.5. The average molecular weight is 251 g/mol. The maximum absolute atomic E-state index is 6.01. The predicted octanol–water partition coefficient (Wildman–Crippen LogP) is 3.06. The van der Waals surface area contributed by atoms with Crippen molar-refractivity contribution in [3.05, 3.63) is 34.4 Å². The van der Waals surface area contributed by atoms with Gasteiger partial charge in [-0.25, -0.2) is 9.67 Å². The van der Waals surface area contributed by atoms with Crippen molar-refractivity contribution in [1.29, 1.82) is 0 Å². The molecule has 2 heterocycles. The quantitative estimate of drug-likeness (QED) is 0.770. The fourth-order valence-electron chi connectivity index (χ4n) is 1.64. The maximum Gasteiger partial charge on any atom is 0.252 e. The van der Waals surface area contributed by atoms with Gasteiger partial charge < -0.3 is 0 Å². The molecule has 2 aromatic rings. The first-order valence-electron chi connectivity index (χ1n) is 5.55. The molecule has 0 atom stereocenters. The zero-order valence-corrected chi connectivity index (χ0v) is 11.2. The summed E-state index contributed by atoms with van der Waals surface area (Å²) >= 11 is 6.01. The fourth-order valence-corrected chi connectivity index (χ4v) is 1.83. The molecule has 0 amide bonds. The second kappa shape index (κ2) is 4.45. The van der Waals surface area contributed by atoms with E-state index in [-0.39, 0.29) is 0 Å². The smallest absolute Gasteiger partial charge is 0.216 e. The lowest BCUT2D eigenvalue weighted by molar-refractivity contribution is 0.739. The number of nitrogens with zero attached hydrogens (tertiary/aromatic N) is 4. The van der Waals surface area contributed by atoms with Crippen molar-refractivity contribution in [2.24, 2.45) is 0 Å². The van der Waals surface area contributed by atoms with Gasteiger partial charge in [0, 0.05) is 5.69 Å². The fraction of sp³-hybridized carbons (Fsp3) is 0.417. The van der Waals surface area contributed by atoms with Gasteiger partial charge in [0.2, 0.25) is 0 Å².